The van der Waals surface area contributed by atoms with E-state index in [4.69, 9.17) is 19.9 Å². The molecule has 0 radical (unpaired) electrons. The monoisotopic (exact) mass is 329 g/mol. The molecule has 2 aromatic rings. The minimum absolute atomic E-state index is 0.133. The van der Waals surface area contributed by atoms with Gasteiger partial charge in [-0.15, -0.1) is 0 Å². The zero-order chi connectivity index (χ0) is 16.5. The molecule has 2 N–H and O–H groups in total. The average Bonchev–Trinajstić information content (AvgIpc) is 2.60. The molecule has 0 bridgehead atoms. The molecule has 2 aliphatic heterocycles. The maximum absolute atomic E-state index is 12.3. The van der Waals surface area contributed by atoms with Crippen LogP contribution in [0, 0.1) is 0 Å². The van der Waals surface area contributed by atoms with Gasteiger partial charge in [0.2, 0.25) is 5.88 Å². The fraction of sp³-hybridized carbons (Fsp3) is 0.412. The summed E-state index contributed by atoms with van der Waals surface area (Å²) >= 11 is 0. The SMILES string of the molecule is Nc1ccc2c(c1)CCn1c-2cc(OCC2COCCO2)nc1=O. The fourth-order valence-corrected chi connectivity index (χ4v) is 3.11. The van der Waals surface area contributed by atoms with E-state index in [2.05, 4.69) is 4.98 Å². The molecule has 3 heterocycles. The van der Waals surface area contributed by atoms with E-state index in [-0.39, 0.29) is 11.8 Å². The van der Waals surface area contributed by atoms with Gasteiger partial charge in [0.15, 0.2) is 0 Å². The van der Waals surface area contributed by atoms with Crippen LogP contribution in [0.5, 0.6) is 5.88 Å². The van der Waals surface area contributed by atoms with Crippen LogP contribution in [-0.4, -0.2) is 42.1 Å². The predicted octanol–water partition coefficient (Wildman–Crippen LogP) is 0.843. The van der Waals surface area contributed by atoms with Gasteiger partial charge in [-0.1, -0.05) is 6.07 Å². The third-order valence-electron chi connectivity index (χ3n) is 4.30. The second-order valence-corrected chi connectivity index (χ2v) is 5.96. The lowest BCUT2D eigenvalue weighted by molar-refractivity contribution is -0.102. The number of fused-ring (bicyclic) bond motifs is 3. The third kappa shape index (κ3) is 2.88. The molecule has 1 aromatic carbocycles. The van der Waals surface area contributed by atoms with Crippen molar-refractivity contribution >= 4 is 5.69 Å². The number of hydrogen-bond donors (Lipinski definition) is 1. The second-order valence-electron chi connectivity index (χ2n) is 5.96. The molecule has 0 amide bonds. The van der Waals surface area contributed by atoms with Crippen molar-refractivity contribution in [2.24, 2.45) is 0 Å². The highest BCUT2D eigenvalue weighted by Gasteiger charge is 2.20. The quantitative estimate of drug-likeness (QED) is 0.840. The number of anilines is 1. The molecule has 1 saturated heterocycles. The Labute approximate surface area is 139 Å². The summed E-state index contributed by atoms with van der Waals surface area (Å²) < 4.78 is 18.2. The van der Waals surface area contributed by atoms with Crippen LogP contribution in [0.15, 0.2) is 29.1 Å². The van der Waals surface area contributed by atoms with Crippen molar-refractivity contribution in [3.8, 4) is 17.1 Å². The lowest BCUT2D eigenvalue weighted by atomic mass is 9.97. The minimum Gasteiger partial charge on any atom is -0.475 e. The number of benzene rings is 1. The smallest absolute Gasteiger partial charge is 0.351 e. The first-order valence-electron chi connectivity index (χ1n) is 8.03. The Kier molecular flexibility index (Phi) is 3.95. The summed E-state index contributed by atoms with van der Waals surface area (Å²) in [4.78, 5) is 16.3. The van der Waals surface area contributed by atoms with E-state index >= 15 is 0 Å². The molecule has 2 aliphatic rings. The summed E-state index contributed by atoms with van der Waals surface area (Å²) in [5.74, 6) is 0.310. The van der Waals surface area contributed by atoms with Crippen molar-refractivity contribution in [2.45, 2.75) is 19.1 Å². The van der Waals surface area contributed by atoms with Gasteiger partial charge >= 0.3 is 5.69 Å². The number of hydrogen-bond acceptors (Lipinski definition) is 6. The first-order chi connectivity index (χ1) is 11.7. The molecule has 1 fully saturated rings. The average molecular weight is 329 g/mol. The van der Waals surface area contributed by atoms with E-state index in [0.29, 0.717) is 38.9 Å². The summed E-state index contributed by atoms with van der Waals surface area (Å²) in [5.41, 5.74) is 9.23. The molecule has 1 unspecified atom stereocenters. The van der Waals surface area contributed by atoms with Crippen molar-refractivity contribution in [3.05, 3.63) is 40.3 Å². The van der Waals surface area contributed by atoms with E-state index in [1.54, 1.807) is 10.6 Å². The number of aryl methyl sites for hydroxylation is 1. The number of rotatable bonds is 3. The summed E-state index contributed by atoms with van der Waals surface area (Å²) in [7, 11) is 0. The van der Waals surface area contributed by atoms with Crippen molar-refractivity contribution in [1.82, 2.24) is 9.55 Å². The molecular formula is C17H19N3O4. The molecule has 7 nitrogen and oxygen atoms in total. The highest BCUT2D eigenvalue weighted by molar-refractivity contribution is 5.69. The molecule has 0 aliphatic carbocycles. The van der Waals surface area contributed by atoms with Crippen LogP contribution in [0.1, 0.15) is 5.56 Å². The van der Waals surface area contributed by atoms with Gasteiger partial charge in [-0.3, -0.25) is 4.57 Å². The number of nitrogens with two attached hydrogens (primary N) is 1. The first kappa shape index (κ1) is 15.2. The Morgan fingerprint density at radius 3 is 3.08 bits per heavy atom. The lowest BCUT2D eigenvalue weighted by Crippen LogP contribution is -2.34. The summed E-state index contributed by atoms with van der Waals surface area (Å²) in [5, 5.41) is 0. The number of aromatic nitrogens is 2. The molecular weight excluding hydrogens is 310 g/mol. The van der Waals surface area contributed by atoms with Gasteiger partial charge in [-0.25, -0.2) is 4.79 Å². The standard InChI is InChI=1S/C17H19N3O4/c18-12-1-2-14-11(7-12)3-4-20-15(14)8-16(19-17(20)21)24-10-13-9-22-5-6-23-13/h1-2,7-8,13H,3-6,9-10,18H2. The van der Waals surface area contributed by atoms with Crippen molar-refractivity contribution < 1.29 is 14.2 Å². The van der Waals surface area contributed by atoms with Crippen LogP contribution in [0.2, 0.25) is 0 Å². The van der Waals surface area contributed by atoms with Gasteiger partial charge in [-0.05, 0) is 24.1 Å². The molecule has 1 aromatic heterocycles. The summed E-state index contributed by atoms with van der Waals surface area (Å²) in [6.07, 6.45) is 0.633. The van der Waals surface area contributed by atoms with Crippen LogP contribution in [-0.2, 0) is 22.4 Å². The van der Waals surface area contributed by atoms with E-state index in [1.165, 1.54) is 0 Å². The molecule has 7 heteroatoms. The normalized spacial score (nSPS) is 19.4. The van der Waals surface area contributed by atoms with Gasteiger partial charge < -0.3 is 19.9 Å². The maximum Gasteiger partial charge on any atom is 0.351 e. The van der Waals surface area contributed by atoms with Gasteiger partial charge in [0.05, 0.1) is 25.5 Å². The molecule has 4 rings (SSSR count). The number of ether oxygens (including phenoxy) is 3. The molecule has 1 atom stereocenters. The van der Waals surface area contributed by atoms with E-state index in [9.17, 15) is 4.79 Å². The maximum atomic E-state index is 12.3. The van der Waals surface area contributed by atoms with Crippen LogP contribution in [0.25, 0.3) is 11.3 Å². The fourth-order valence-electron chi connectivity index (χ4n) is 3.11. The zero-order valence-electron chi connectivity index (χ0n) is 13.2. The largest absolute Gasteiger partial charge is 0.475 e. The second kappa shape index (κ2) is 6.26. The molecule has 126 valence electrons. The van der Waals surface area contributed by atoms with Gasteiger partial charge in [0, 0.05) is 23.9 Å². The van der Waals surface area contributed by atoms with Crippen molar-refractivity contribution in [2.75, 3.05) is 32.2 Å². The Hall–Kier alpha value is -2.38. The van der Waals surface area contributed by atoms with Crippen LogP contribution >= 0.6 is 0 Å². The van der Waals surface area contributed by atoms with Crippen LogP contribution in [0.4, 0.5) is 5.69 Å². The summed E-state index contributed by atoms with van der Waals surface area (Å²) in [6, 6.07) is 7.54. The van der Waals surface area contributed by atoms with Gasteiger partial charge in [-0.2, -0.15) is 4.98 Å². The van der Waals surface area contributed by atoms with E-state index < -0.39 is 0 Å². The van der Waals surface area contributed by atoms with Crippen molar-refractivity contribution in [3.63, 3.8) is 0 Å². The number of nitrogen functional groups attached to an aromatic ring is 1. The van der Waals surface area contributed by atoms with Gasteiger partial charge in [0.25, 0.3) is 0 Å². The molecule has 24 heavy (non-hydrogen) atoms. The highest BCUT2D eigenvalue weighted by Crippen LogP contribution is 2.30. The zero-order valence-corrected chi connectivity index (χ0v) is 13.2. The van der Waals surface area contributed by atoms with Crippen molar-refractivity contribution in [1.29, 1.82) is 0 Å². The van der Waals surface area contributed by atoms with E-state index in [0.717, 1.165) is 28.9 Å². The predicted molar refractivity (Wildman–Crippen MR) is 88.1 cm³/mol. The lowest BCUT2D eigenvalue weighted by Gasteiger charge is -2.24. The highest BCUT2D eigenvalue weighted by atomic mass is 16.6. The van der Waals surface area contributed by atoms with Crippen LogP contribution in [0.3, 0.4) is 0 Å². The Bertz CT molecular complexity index is 812. The summed E-state index contributed by atoms with van der Waals surface area (Å²) in [6.45, 7) is 2.56. The molecule has 0 spiro atoms. The Morgan fingerprint density at radius 2 is 2.25 bits per heavy atom. The molecule has 0 saturated carbocycles. The van der Waals surface area contributed by atoms with Crippen LogP contribution < -0.4 is 16.2 Å². The minimum atomic E-state index is -0.300. The third-order valence-corrected chi connectivity index (χ3v) is 4.30. The first-order valence-corrected chi connectivity index (χ1v) is 8.03. The Morgan fingerprint density at radius 1 is 1.33 bits per heavy atom. The van der Waals surface area contributed by atoms with Gasteiger partial charge in [0.1, 0.15) is 12.7 Å². The Balaban J connectivity index is 1.62. The topological polar surface area (TPSA) is 88.6 Å². The van der Waals surface area contributed by atoms with E-state index in [1.807, 2.05) is 18.2 Å². The number of nitrogens with zero attached hydrogens (tertiary/aromatic N) is 2.